The van der Waals surface area contributed by atoms with Crippen LogP contribution in [0.3, 0.4) is 0 Å². The van der Waals surface area contributed by atoms with Crippen LogP contribution in [0.15, 0.2) is 12.7 Å². The zero-order valence-electron chi connectivity index (χ0n) is 12.0. The van der Waals surface area contributed by atoms with Crippen LogP contribution in [-0.4, -0.2) is 62.1 Å². The van der Waals surface area contributed by atoms with Crippen LogP contribution >= 0.6 is 0 Å². The number of aromatic amines is 1. The highest BCUT2D eigenvalue weighted by Gasteiger charge is 2.22. The van der Waals surface area contributed by atoms with Gasteiger partial charge < -0.3 is 20.3 Å². The molecule has 0 amide bonds. The van der Waals surface area contributed by atoms with Gasteiger partial charge >= 0.3 is 0 Å². The Morgan fingerprint density at radius 1 is 1.52 bits per heavy atom. The summed E-state index contributed by atoms with van der Waals surface area (Å²) in [5.41, 5.74) is 1.61. The van der Waals surface area contributed by atoms with Gasteiger partial charge in [-0.3, -0.25) is 4.79 Å². The minimum Gasteiger partial charge on any atom is -0.483 e. The van der Waals surface area contributed by atoms with Gasteiger partial charge in [0.05, 0.1) is 6.33 Å². The first-order valence-electron chi connectivity index (χ1n) is 6.99. The number of carboxylic acid groups (broad SMARTS) is 1. The van der Waals surface area contributed by atoms with Crippen molar-refractivity contribution in [1.82, 2.24) is 24.8 Å². The van der Waals surface area contributed by atoms with Gasteiger partial charge in [0.1, 0.15) is 11.8 Å². The molecule has 2 aromatic heterocycles. The van der Waals surface area contributed by atoms with E-state index in [1.54, 1.807) is 12.7 Å². The van der Waals surface area contributed by atoms with Crippen LogP contribution < -0.4 is 5.32 Å². The van der Waals surface area contributed by atoms with Gasteiger partial charge in [-0.25, -0.2) is 15.0 Å². The van der Waals surface area contributed by atoms with Gasteiger partial charge in [0.2, 0.25) is 0 Å². The van der Waals surface area contributed by atoms with Gasteiger partial charge in [-0.1, -0.05) is 6.92 Å². The number of hydrogen-bond acceptors (Lipinski definition) is 6. The first-order valence-corrected chi connectivity index (χ1v) is 6.99. The minimum atomic E-state index is -0.250. The fourth-order valence-corrected chi connectivity index (χ4v) is 2.54. The Labute approximate surface area is 122 Å². The Morgan fingerprint density at radius 2 is 2.33 bits per heavy atom. The number of carbonyl (C=O) groups is 1. The summed E-state index contributed by atoms with van der Waals surface area (Å²) in [6.07, 6.45) is 5.59. The van der Waals surface area contributed by atoms with Crippen LogP contribution in [0.1, 0.15) is 19.8 Å². The molecule has 3 heterocycles. The summed E-state index contributed by atoms with van der Waals surface area (Å²) in [5, 5.41) is 10.4. The molecule has 1 aliphatic heterocycles. The molecule has 8 nitrogen and oxygen atoms in total. The third kappa shape index (κ3) is 3.88. The number of aromatic nitrogens is 4. The van der Waals surface area contributed by atoms with Crippen LogP contribution in [0.2, 0.25) is 0 Å². The second-order valence-electron chi connectivity index (χ2n) is 4.86. The fourth-order valence-electron chi connectivity index (χ4n) is 2.54. The van der Waals surface area contributed by atoms with Crippen LogP contribution in [0.4, 0.5) is 5.82 Å². The lowest BCUT2D eigenvalue weighted by molar-refractivity contribution is -0.122. The topological polar surface area (TPSA) is 107 Å². The van der Waals surface area contributed by atoms with Gasteiger partial charge in [-0.15, -0.1) is 0 Å². The normalized spacial score (nSPS) is 18.2. The van der Waals surface area contributed by atoms with Gasteiger partial charge in [0, 0.05) is 19.1 Å². The molecule has 0 bridgehead atoms. The Balaban J connectivity index is 0.000000497. The molecule has 2 aromatic rings. The molecule has 1 aliphatic rings. The predicted molar refractivity (Wildman–Crippen MR) is 79.1 cm³/mol. The molecule has 1 saturated heterocycles. The SMILES string of the molecule is CCCN1CCC(Nc2ncnc3nc[nH]c23)C1.O=CO. The largest absolute Gasteiger partial charge is 0.483 e. The average molecular weight is 292 g/mol. The quantitative estimate of drug-likeness (QED) is 0.720. The number of anilines is 1. The smallest absolute Gasteiger partial charge is 0.290 e. The number of hydrogen-bond donors (Lipinski definition) is 3. The fraction of sp³-hybridized carbons (Fsp3) is 0.538. The highest BCUT2D eigenvalue weighted by molar-refractivity contribution is 5.82. The van der Waals surface area contributed by atoms with Crippen molar-refractivity contribution in [2.45, 2.75) is 25.8 Å². The van der Waals surface area contributed by atoms with Crippen molar-refractivity contribution >= 4 is 23.5 Å². The summed E-state index contributed by atoms with van der Waals surface area (Å²) >= 11 is 0. The number of likely N-dealkylation sites (tertiary alicyclic amines) is 1. The molecule has 0 spiro atoms. The third-order valence-electron chi connectivity index (χ3n) is 3.38. The molecule has 0 radical (unpaired) electrons. The summed E-state index contributed by atoms with van der Waals surface area (Å²) in [5.74, 6) is 0.862. The summed E-state index contributed by atoms with van der Waals surface area (Å²) < 4.78 is 0. The lowest BCUT2D eigenvalue weighted by Gasteiger charge is -2.16. The van der Waals surface area contributed by atoms with E-state index in [9.17, 15) is 0 Å². The zero-order valence-corrected chi connectivity index (χ0v) is 12.0. The van der Waals surface area contributed by atoms with E-state index in [2.05, 4.69) is 37.1 Å². The maximum atomic E-state index is 8.36. The monoisotopic (exact) mass is 292 g/mol. The maximum Gasteiger partial charge on any atom is 0.290 e. The molecule has 0 saturated carbocycles. The number of fused-ring (bicyclic) bond motifs is 1. The zero-order chi connectivity index (χ0) is 15.1. The van der Waals surface area contributed by atoms with E-state index in [1.807, 2.05) is 0 Å². The summed E-state index contributed by atoms with van der Waals surface area (Å²) in [4.78, 5) is 26.5. The van der Waals surface area contributed by atoms with Crippen molar-refractivity contribution in [2.75, 3.05) is 25.0 Å². The van der Waals surface area contributed by atoms with Gasteiger partial charge in [-0.2, -0.15) is 0 Å². The number of H-pyrrole nitrogens is 1. The Bertz CT molecular complexity index is 573. The molecule has 1 unspecified atom stereocenters. The first kappa shape index (κ1) is 15.2. The number of rotatable bonds is 4. The first-order chi connectivity index (χ1) is 10.3. The molecular formula is C13H20N6O2. The third-order valence-corrected chi connectivity index (χ3v) is 3.38. The van der Waals surface area contributed by atoms with Crippen molar-refractivity contribution in [3.8, 4) is 0 Å². The molecule has 0 aliphatic carbocycles. The Hall–Kier alpha value is -2.22. The molecular weight excluding hydrogens is 272 g/mol. The van der Waals surface area contributed by atoms with E-state index in [0.29, 0.717) is 6.04 Å². The van der Waals surface area contributed by atoms with Crippen LogP contribution in [0, 0.1) is 0 Å². The van der Waals surface area contributed by atoms with Crippen LogP contribution in [0.25, 0.3) is 11.2 Å². The van der Waals surface area contributed by atoms with E-state index in [1.165, 1.54) is 25.9 Å². The van der Waals surface area contributed by atoms with Crippen molar-refractivity contribution in [3.05, 3.63) is 12.7 Å². The molecule has 8 heteroatoms. The lowest BCUT2D eigenvalue weighted by Crippen LogP contribution is -2.27. The van der Waals surface area contributed by atoms with Gasteiger partial charge in [-0.05, 0) is 19.4 Å². The van der Waals surface area contributed by atoms with Crippen molar-refractivity contribution < 1.29 is 9.90 Å². The molecule has 3 rings (SSSR count). The number of imidazole rings is 1. The minimum absolute atomic E-state index is 0.250. The van der Waals surface area contributed by atoms with E-state index >= 15 is 0 Å². The lowest BCUT2D eigenvalue weighted by atomic mass is 10.2. The van der Waals surface area contributed by atoms with E-state index in [0.717, 1.165) is 23.5 Å². The van der Waals surface area contributed by atoms with Gasteiger partial charge in [0.25, 0.3) is 6.47 Å². The predicted octanol–water partition coefficient (Wildman–Crippen LogP) is 0.950. The number of nitrogens with zero attached hydrogens (tertiary/aromatic N) is 4. The second-order valence-corrected chi connectivity index (χ2v) is 4.86. The maximum absolute atomic E-state index is 8.36. The Morgan fingerprint density at radius 3 is 3.10 bits per heavy atom. The average Bonchev–Trinajstić information content (AvgIpc) is 3.10. The highest BCUT2D eigenvalue weighted by Crippen LogP contribution is 2.19. The second kappa shape index (κ2) is 7.53. The van der Waals surface area contributed by atoms with Crippen LogP contribution in [0.5, 0.6) is 0 Å². The van der Waals surface area contributed by atoms with Crippen molar-refractivity contribution in [3.63, 3.8) is 0 Å². The molecule has 21 heavy (non-hydrogen) atoms. The van der Waals surface area contributed by atoms with E-state index < -0.39 is 0 Å². The van der Waals surface area contributed by atoms with Gasteiger partial charge in [0.15, 0.2) is 11.5 Å². The summed E-state index contributed by atoms with van der Waals surface area (Å²) in [6.45, 7) is 5.41. The summed E-state index contributed by atoms with van der Waals surface area (Å²) in [7, 11) is 0. The van der Waals surface area contributed by atoms with E-state index in [4.69, 9.17) is 9.90 Å². The number of nitrogens with one attached hydrogen (secondary N) is 2. The molecule has 1 fully saturated rings. The summed E-state index contributed by atoms with van der Waals surface area (Å²) in [6, 6.07) is 0.470. The van der Waals surface area contributed by atoms with Crippen molar-refractivity contribution in [2.24, 2.45) is 0 Å². The molecule has 114 valence electrons. The molecule has 3 N–H and O–H groups in total. The van der Waals surface area contributed by atoms with Crippen molar-refractivity contribution in [1.29, 1.82) is 0 Å². The highest BCUT2D eigenvalue weighted by atomic mass is 16.3. The Kier molecular flexibility index (Phi) is 5.44. The molecule has 0 aromatic carbocycles. The van der Waals surface area contributed by atoms with Crippen LogP contribution in [-0.2, 0) is 4.79 Å². The standard InChI is InChI=1S/C12H18N6.CH2O2/c1-2-4-18-5-3-9(6-18)17-12-10-11(14-7-13-10)15-8-16-12;2-1-3/h7-9H,2-6H2,1H3,(H2,13,14,15,16,17);1H,(H,2,3). The molecule has 1 atom stereocenters. The van der Waals surface area contributed by atoms with E-state index in [-0.39, 0.29) is 6.47 Å².